The van der Waals surface area contributed by atoms with Gasteiger partial charge < -0.3 is 9.67 Å². The lowest BCUT2D eigenvalue weighted by molar-refractivity contribution is -0.143. The minimum atomic E-state index is -0.654. The molecule has 6 nitrogen and oxygen atoms in total. The van der Waals surface area contributed by atoms with E-state index in [1.165, 1.54) is 25.7 Å². The number of carbonyl (C=O) groups is 1. The Labute approximate surface area is 118 Å². The van der Waals surface area contributed by atoms with E-state index in [1.54, 1.807) is 0 Å². The van der Waals surface area contributed by atoms with Crippen molar-refractivity contribution in [2.75, 3.05) is 13.1 Å². The van der Waals surface area contributed by atoms with Crippen LogP contribution >= 0.6 is 0 Å². The highest BCUT2D eigenvalue weighted by molar-refractivity contribution is 5.70. The molecule has 1 saturated carbocycles. The number of likely N-dealkylation sites (tertiary alicyclic amines) is 1. The molecule has 0 atom stereocenters. The van der Waals surface area contributed by atoms with Gasteiger partial charge in [0, 0.05) is 6.04 Å². The van der Waals surface area contributed by atoms with Crippen LogP contribution in [0.5, 0.6) is 0 Å². The zero-order chi connectivity index (χ0) is 13.9. The summed E-state index contributed by atoms with van der Waals surface area (Å²) in [6.45, 7) is 2.48. The zero-order valence-electron chi connectivity index (χ0n) is 11.7. The van der Waals surface area contributed by atoms with Crippen LogP contribution in [0.25, 0.3) is 0 Å². The molecular formula is C14H22N4O2. The van der Waals surface area contributed by atoms with Gasteiger partial charge in [0.25, 0.3) is 0 Å². The summed E-state index contributed by atoms with van der Waals surface area (Å²) in [5, 5.41) is 17.4. The van der Waals surface area contributed by atoms with Gasteiger partial charge in [-0.15, -0.1) is 10.2 Å². The van der Waals surface area contributed by atoms with Gasteiger partial charge in [-0.25, -0.2) is 0 Å². The van der Waals surface area contributed by atoms with Crippen molar-refractivity contribution in [3.63, 3.8) is 0 Å². The van der Waals surface area contributed by atoms with Crippen molar-refractivity contribution in [3.8, 4) is 0 Å². The minimum Gasteiger partial charge on any atom is -0.481 e. The van der Waals surface area contributed by atoms with E-state index in [0.717, 1.165) is 38.3 Å². The van der Waals surface area contributed by atoms with E-state index in [0.29, 0.717) is 6.04 Å². The van der Waals surface area contributed by atoms with Gasteiger partial charge in [0.1, 0.15) is 12.2 Å². The molecule has 6 heteroatoms. The second-order valence-corrected chi connectivity index (χ2v) is 5.98. The maximum Gasteiger partial charge on any atom is 0.306 e. The Morgan fingerprint density at radius 3 is 2.60 bits per heavy atom. The van der Waals surface area contributed by atoms with Crippen molar-refractivity contribution in [3.05, 3.63) is 12.2 Å². The Hall–Kier alpha value is -1.43. The largest absolute Gasteiger partial charge is 0.481 e. The molecule has 1 aliphatic carbocycles. The van der Waals surface area contributed by atoms with Gasteiger partial charge >= 0.3 is 5.97 Å². The number of aromatic nitrogens is 3. The molecule has 20 heavy (non-hydrogen) atoms. The lowest BCUT2D eigenvalue weighted by Crippen LogP contribution is -2.36. The van der Waals surface area contributed by atoms with Crippen LogP contribution in [-0.2, 0) is 11.3 Å². The van der Waals surface area contributed by atoms with Crippen molar-refractivity contribution in [2.45, 2.75) is 51.1 Å². The lowest BCUT2D eigenvalue weighted by Gasteiger charge is -2.29. The van der Waals surface area contributed by atoms with E-state index in [1.807, 2.05) is 6.33 Å². The van der Waals surface area contributed by atoms with Gasteiger partial charge in [0.2, 0.25) is 0 Å². The quantitative estimate of drug-likeness (QED) is 0.907. The Morgan fingerprint density at radius 1 is 1.25 bits per heavy atom. The molecule has 2 heterocycles. The molecule has 0 spiro atoms. The first-order valence-electron chi connectivity index (χ1n) is 7.57. The Kier molecular flexibility index (Phi) is 4.00. The molecule has 1 saturated heterocycles. The molecule has 0 amide bonds. The fourth-order valence-electron chi connectivity index (χ4n) is 3.41. The maximum atomic E-state index is 11.0. The molecule has 110 valence electrons. The molecule has 1 aromatic heterocycles. The van der Waals surface area contributed by atoms with Crippen LogP contribution in [0.1, 0.15) is 50.4 Å². The van der Waals surface area contributed by atoms with Crippen LogP contribution in [0.3, 0.4) is 0 Å². The second-order valence-electron chi connectivity index (χ2n) is 5.98. The Bertz CT molecular complexity index is 459. The predicted molar refractivity (Wildman–Crippen MR) is 73.2 cm³/mol. The van der Waals surface area contributed by atoms with Crippen LogP contribution in [0.2, 0.25) is 0 Å². The minimum absolute atomic E-state index is 0.168. The van der Waals surface area contributed by atoms with Crippen LogP contribution < -0.4 is 0 Å². The van der Waals surface area contributed by atoms with Crippen LogP contribution in [0.15, 0.2) is 6.33 Å². The topological polar surface area (TPSA) is 71.2 Å². The monoisotopic (exact) mass is 278 g/mol. The van der Waals surface area contributed by atoms with Crippen LogP contribution in [0.4, 0.5) is 0 Å². The number of aliphatic carboxylic acids is 1. The van der Waals surface area contributed by atoms with E-state index in [-0.39, 0.29) is 5.92 Å². The summed E-state index contributed by atoms with van der Waals surface area (Å²) in [4.78, 5) is 13.3. The molecule has 0 bridgehead atoms. The summed E-state index contributed by atoms with van der Waals surface area (Å²) in [5.41, 5.74) is 0. The average Bonchev–Trinajstić information content (AvgIpc) is 3.09. The first kappa shape index (κ1) is 13.5. The molecule has 1 N–H and O–H groups in total. The smallest absolute Gasteiger partial charge is 0.306 e. The molecule has 0 radical (unpaired) electrons. The SMILES string of the molecule is O=C(O)C1CCN(Cc2nncn2C2CCCC2)CC1. The third kappa shape index (κ3) is 2.85. The highest BCUT2D eigenvalue weighted by Gasteiger charge is 2.26. The highest BCUT2D eigenvalue weighted by atomic mass is 16.4. The first-order valence-corrected chi connectivity index (χ1v) is 7.57. The molecule has 0 aromatic carbocycles. The number of hydrogen-bond acceptors (Lipinski definition) is 4. The normalized spacial score (nSPS) is 22.4. The summed E-state index contributed by atoms with van der Waals surface area (Å²) in [7, 11) is 0. The zero-order valence-corrected chi connectivity index (χ0v) is 11.7. The Morgan fingerprint density at radius 2 is 1.95 bits per heavy atom. The second kappa shape index (κ2) is 5.91. The summed E-state index contributed by atoms with van der Waals surface area (Å²) >= 11 is 0. The number of carboxylic acids is 1. The van der Waals surface area contributed by atoms with Gasteiger partial charge in [-0.1, -0.05) is 12.8 Å². The number of hydrogen-bond donors (Lipinski definition) is 1. The molecule has 1 aromatic rings. The van der Waals surface area contributed by atoms with Gasteiger partial charge in [0.15, 0.2) is 0 Å². The first-order chi connectivity index (χ1) is 9.74. The van der Waals surface area contributed by atoms with Crippen molar-refractivity contribution in [2.24, 2.45) is 5.92 Å². The van der Waals surface area contributed by atoms with E-state index in [9.17, 15) is 4.79 Å². The van der Waals surface area contributed by atoms with E-state index >= 15 is 0 Å². The molecule has 1 aliphatic heterocycles. The summed E-state index contributed by atoms with van der Waals surface area (Å²) in [6.07, 6.45) is 8.39. The van der Waals surface area contributed by atoms with Crippen molar-refractivity contribution < 1.29 is 9.90 Å². The van der Waals surface area contributed by atoms with E-state index < -0.39 is 5.97 Å². The molecule has 0 unspecified atom stereocenters. The number of rotatable bonds is 4. The van der Waals surface area contributed by atoms with Crippen LogP contribution in [0, 0.1) is 5.92 Å². The maximum absolute atomic E-state index is 11.0. The molecular weight excluding hydrogens is 256 g/mol. The Balaban J connectivity index is 1.59. The van der Waals surface area contributed by atoms with Crippen molar-refractivity contribution in [1.29, 1.82) is 0 Å². The van der Waals surface area contributed by atoms with Gasteiger partial charge in [0.05, 0.1) is 12.5 Å². The average molecular weight is 278 g/mol. The fourth-order valence-corrected chi connectivity index (χ4v) is 3.41. The number of carboxylic acid groups (broad SMARTS) is 1. The van der Waals surface area contributed by atoms with Crippen molar-refractivity contribution >= 4 is 5.97 Å². The third-order valence-corrected chi connectivity index (χ3v) is 4.67. The van der Waals surface area contributed by atoms with Gasteiger partial charge in [-0.3, -0.25) is 9.69 Å². The van der Waals surface area contributed by atoms with Crippen molar-refractivity contribution in [1.82, 2.24) is 19.7 Å². The summed E-state index contributed by atoms with van der Waals surface area (Å²) in [6, 6.07) is 0.566. The number of piperidine rings is 1. The summed E-state index contributed by atoms with van der Waals surface area (Å²) in [5.74, 6) is 0.211. The van der Waals surface area contributed by atoms with E-state index in [4.69, 9.17) is 5.11 Å². The molecule has 2 fully saturated rings. The van der Waals surface area contributed by atoms with E-state index in [2.05, 4.69) is 19.7 Å². The third-order valence-electron chi connectivity index (χ3n) is 4.67. The predicted octanol–water partition coefficient (Wildman–Crippen LogP) is 1.69. The molecule has 2 aliphatic rings. The standard InChI is InChI=1S/C14H22N4O2/c19-14(20)11-5-7-17(8-6-11)9-13-16-15-10-18(13)12-3-1-2-4-12/h10-12H,1-9H2,(H,19,20). The fraction of sp³-hybridized carbons (Fsp3) is 0.786. The van der Waals surface area contributed by atoms with Gasteiger partial charge in [-0.05, 0) is 38.8 Å². The lowest BCUT2D eigenvalue weighted by atomic mass is 9.97. The van der Waals surface area contributed by atoms with Crippen LogP contribution in [-0.4, -0.2) is 43.8 Å². The highest BCUT2D eigenvalue weighted by Crippen LogP contribution is 2.30. The molecule has 3 rings (SSSR count). The number of nitrogens with zero attached hydrogens (tertiary/aromatic N) is 4. The van der Waals surface area contributed by atoms with Gasteiger partial charge in [-0.2, -0.15) is 0 Å². The summed E-state index contributed by atoms with van der Waals surface area (Å²) < 4.78 is 2.23.